The van der Waals surface area contributed by atoms with Gasteiger partial charge in [-0.3, -0.25) is 4.68 Å². The third-order valence-electron chi connectivity index (χ3n) is 5.18. The highest BCUT2D eigenvalue weighted by Gasteiger charge is 2.37. The topological polar surface area (TPSA) is 57.8 Å². The van der Waals surface area contributed by atoms with Crippen LogP contribution in [0.15, 0.2) is 12.3 Å². The molecule has 0 spiro atoms. The summed E-state index contributed by atoms with van der Waals surface area (Å²) in [6, 6.07) is 2.21. The summed E-state index contributed by atoms with van der Waals surface area (Å²) in [5, 5.41) is 9.18. The smallest absolute Gasteiger partial charge is 0.199 e. The monoisotopic (exact) mass is 345 g/mol. The molecule has 1 aliphatic rings. The van der Waals surface area contributed by atoms with E-state index in [0.29, 0.717) is 24.4 Å². The molecular weight excluding hydrogens is 314 g/mol. The fraction of sp³-hybridized carbons (Fsp3) is 0.737. The molecule has 0 saturated carbocycles. The third-order valence-corrected chi connectivity index (χ3v) is 5.18. The molecule has 138 valence electrons. The zero-order valence-electron chi connectivity index (χ0n) is 16.5. The Morgan fingerprint density at radius 1 is 1.20 bits per heavy atom. The minimum Gasteiger partial charge on any atom is -0.373 e. The van der Waals surface area contributed by atoms with E-state index in [9.17, 15) is 0 Å². The van der Waals surface area contributed by atoms with Gasteiger partial charge >= 0.3 is 0 Å². The average molecular weight is 345 g/mol. The molecule has 3 heterocycles. The molecule has 2 aromatic rings. The molecule has 1 fully saturated rings. The fourth-order valence-electron chi connectivity index (χ4n) is 4.06. The van der Waals surface area contributed by atoms with E-state index in [4.69, 9.17) is 14.8 Å². The zero-order chi connectivity index (χ0) is 18.4. The van der Waals surface area contributed by atoms with Crippen LogP contribution in [0, 0.1) is 11.8 Å². The van der Waals surface area contributed by atoms with Crippen LogP contribution in [0.3, 0.4) is 0 Å². The minimum atomic E-state index is -0.105. The van der Waals surface area contributed by atoms with E-state index in [1.807, 2.05) is 17.8 Å². The highest BCUT2D eigenvalue weighted by atomic mass is 16.5. The van der Waals surface area contributed by atoms with Crippen molar-refractivity contribution in [3.8, 4) is 11.5 Å². The van der Waals surface area contributed by atoms with Crippen LogP contribution in [0.25, 0.3) is 11.5 Å². The lowest BCUT2D eigenvalue weighted by Crippen LogP contribution is -2.23. The van der Waals surface area contributed by atoms with Gasteiger partial charge in [0.25, 0.3) is 0 Å². The van der Waals surface area contributed by atoms with E-state index in [1.165, 1.54) is 0 Å². The Morgan fingerprint density at radius 3 is 2.36 bits per heavy atom. The van der Waals surface area contributed by atoms with Crippen molar-refractivity contribution in [2.45, 2.75) is 65.5 Å². The Bertz CT molecular complexity index is 720. The van der Waals surface area contributed by atoms with E-state index in [2.05, 4.69) is 51.3 Å². The molecular formula is C19H31N5O. The first-order valence-electron chi connectivity index (χ1n) is 9.28. The van der Waals surface area contributed by atoms with Gasteiger partial charge in [0.05, 0.1) is 18.2 Å². The van der Waals surface area contributed by atoms with Gasteiger partial charge in [0.2, 0.25) is 0 Å². The van der Waals surface area contributed by atoms with Crippen molar-refractivity contribution in [3.63, 3.8) is 0 Å². The van der Waals surface area contributed by atoms with Gasteiger partial charge in [0.15, 0.2) is 5.82 Å². The molecule has 1 aliphatic heterocycles. The number of aromatic nitrogens is 5. The first-order chi connectivity index (χ1) is 11.7. The number of hydrogen-bond acceptors (Lipinski definition) is 4. The van der Waals surface area contributed by atoms with Crippen molar-refractivity contribution in [1.29, 1.82) is 0 Å². The van der Waals surface area contributed by atoms with E-state index in [1.54, 1.807) is 6.20 Å². The van der Waals surface area contributed by atoms with Gasteiger partial charge < -0.3 is 4.74 Å². The van der Waals surface area contributed by atoms with E-state index < -0.39 is 0 Å². The highest BCUT2D eigenvalue weighted by Crippen LogP contribution is 2.38. The second-order valence-electron chi connectivity index (χ2n) is 8.52. The molecule has 1 unspecified atom stereocenters. The van der Waals surface area contributed by atoms with Crippen LogP contribution in [-0.2, 0) is 11.8 Å². The van der Waals surface area contributed by atoms with E-state index in [-0.39, 0.29) is 11.6 Å². The standard InChI is InChI=1S/C19H31N5O/c1-12(2)16(13(3)4)18-21-17(15-8-9-20-23(15)7)22-24(18)14-10-19(5,6)25-11-14/h8-9,12-14,16H,10-11H2,1-7H3. The Morgan fingerprint density at radius 2 is 1.88 bits per heavy atom. The first kappa shape index (κ1) is 18.1. The van der Waals surface area contributed by atoms with Crippen LogP contribution in [0.2, 0.25) is 0 Å². The van der Waals surface area contributed by atoms with Crippen molar-refractivity contribution in [3.05, 3.63) is 18.1 Å². The summed E-state index contributed by atoms with van der Waals surface area (Å²) >= 11 is 0. The second kappa shape index (κ2) is 6.56. The van der Waals surface area contributed by atoms with Crippen molar-refractivity contribution in [2.75, 3.05) is 6.61 Å². The molecule has 25 heavy (non-hydrogen) atoms. The number of ether oxygens (including phenoxy) is 1. The van der Waals surface area contributed by atoms with E-state index in [0.717, 1.165) is 23.8 Å². The lowest BCUT2D eigenvalue weighted by Gasteiger charge is -2.26. The lowest BCUT2D eigenvalue weighted by molar-refractivity contribution is 0.0349. The van der Waals surface area contributed by atoms with Gasteiger partial charge in [-0.25, -0.2) is 9.67 Å². The summed E-state index contributed by atoms with van der Waals surface area (Å²) in [7, 11) is 1.93. The van der Waals surface area contributed by atoms with Gasteiger partial charge in [-0.2, -0.15) is 5.10 Å². The summed E-state index contributed by atoms with van der Waals surface area (Å²) < 4.78 is 9.95. The Balaban J connectivity index is 2.08. The summed E-state index contributed by atoms with van der Waals surface area (Å²) in [5.74, 6) is 3.19. The number of hydrogen-bond donors (Lipinski definition) is 0. The van der Waals surface area contributed by atoms with Crippen LogP contribution in [0.5, 0.6) is 0 Å². The number of aryl methyl sites for hydroxylation is 1. The summed E-state index contributed by atoms with van der Waals surface area (Å²) in [6.45, 7) is 14.1. The van der Waals surface area contributed by atoms with Crippen molar-refractivity contribution < 1.29 is 4.74 Å². The first-order valence-corrected chi connectivity index (χ1v) is 9.28. The second-order valence-corrected chi connectivity index (χ2v) is 8.52. The largest absolute Gasteiger partial charge is 0.373 e. The molecule has 0 bridgehead atoms. The van der Waals surface area contributed by atoms with E-state index >= 15 is 0 Å². The molecule has 0 N–H and O–H groups in total. The van der Waals surface area contributed by atoms with Crippen LogP contribution >= 0.6 is 0 Å². The lowest BCUT2D eigenvalue weighted by atomic mass is 9.84. The molecule has 1 saturated heterocycles. The van der Waals surface area contributed by atoms with Crippen molar-refractivity contribution in [2.24, 2.45) is 18.9 Å². The SMILES string of the molecule is CC(C)C(c1nc(-c2ccnn2C)nn1C1COC(C)(C)C1)C(C)C. The molecule has 1 atom stereocenters. The molecule has 0 amide bonds. The summed E-state index contributed by atoms with van der Waals surface area (Å²) in [4.78, 5) is 4.98. The average Bonchev–Trinajstić information content (AvgIpc) is 3.17. The summed E-state index contributed by atoms with van der Waals surface area (Å²) in [6.07, 6.45) is 2.75. The Labute approximate surface area is 150 Å². The van der Waals surface area contributed by atoms with Crippen molar-refractivity contribution in [1.82, 2.24) is 24.5 Å². The third kappa shape index (κ3) is 3.50. The molecule has 0 aromatic carbocycles. The van der Waals surface area contributed by atoms with Crippen LogP contribution in [-0.4, -0.2) is 36.8 Å². The molecule has 0 radical (unpaired) electrons. The molecule has 2 aromatic heterocycles. The van der Waals surface area contributed by atoms with Crippen molar-refractivity contribution >= 4 is 0 Å². The van der Waals surface area contributed by atoms with Crippen LogP contribution < -0.4 is 0 Å². The Kier molecular flexibility index (Phi) is 4.75. The van der Waals surface area contributed by atoms with Gasteiger partial charge in [-0.1, -0.05) is 27.7 Å². The van der Waals surface area contributed by atoms with Gasteiger partial charge in [0, 0.05) is 25.6 Å². The fourth-order valence-corrected chi connectivity index (χ4v) is 4.06. The maximum atomic E-state index is 5.98. The molecule has 6 heteroatoms. The van der Waals surface area contributed by atoms with Crippen LogP contribution in [0.4, 0.5) is 0 Å². The molecule has 6 nitrogen and oxygen atoms in total. The van der Waals surface area contributed by atoms with Gasteiger partial charge in [0.1, 0.15) is 11.5 Å². The van der Waals surface area contributed by atoms with Crippen LogP contribution in [0.1, 0.15) is 65.7 Å². The van der Waals surface area contributed by atoms with Gasteiger partial charge in [-0.15, -0.1) is 5.10 Å². The highest BCUT2D eigenvalue weighted by molar-refractivity contribution is 5.48. The quantitative estimate of drug-likeness (QED) is 0.827. The molecule has 0 aliphatic carbocycles. The minimum absolute atomic E-state index is 0.105. The summed E-state index contributed by atoms with van der Waals surface area (Å²) in [5.41, 5.74) is 0.843. The predicted octanol–water partition coefficient (Wildman–Crippen LogP) is 3.81. The number of rotatable bonds is 5. The Hall–Kier alpha value is -1.69. The predicted molar refractivity (Wildman–Crippen MR) is 98.3 cm³/mol. The normalized spacial score (nSPS) is 20.3. The van der Waals surface area contributed by atoms with Gasteiger partial charge in [-0.05, 0) is 31.7 Å². The zero-order valence-corrected chi connectivity index (χ0v) is 16.5. The number of nitrogens with zero attached hydrogens (tertiary/aromatic N) is 5. The maximum absolute atomic E-state index is 5.98. The maximum Gasteiger partial charge on any atom is 0.199 e. The molecule has 3 rings (SSSR count).